The van der Waals surface area contributed by atoms with Crippen LogP contribution < -0.4 is 4.52 Å². The SMILES string of the molecule is CC(C)C1COC(c2ccccc2OP(C2CCCCC2)C2CCCCC2)=N1. The summed E-state index contributed by atoms with van der Waals surface area (Å²) in [7, 11) is -0.438. The molecule has 1 aromatic carbocycles. The Morgan fingerprint density at radius 2 is 1.54 bits per heavy atom. The maximum atomic E-state index is 6.94. The average molecular weight is 402 g/mol. The molecule has 0 aromatic heterocycles. The highest BCUT2D eigenvalue weighted by molar-refractivity contribution is 7.54. The van der Waals surface area contributed by atoms with Crippen LogP contribution in [0.2, 0.25) is 0 Å². The summed E-state index contributed by atoms with van der Waals surface area (Å²) >= 11 is 0. The summed E-state index contributed by atoms with van der Waals surface area (Å²) in [4.78, 5) is 4.87. The lowest BCUT2D eigenvalue weighted by atomic mass is 10.00. The molecule has 0 saturated heterocycles. The Labute approximate surface area is 172 Å². The van der Waals surface area contributed by atoms with Gasteiger partial charge in [0.15, 0.2) is 0 Å². The van der Waals surface area contributed by atoms with E-state index in [2.05, 4.69) is 38.1 Å². The summed E-state index contributed by atoms with van der Waals surface area (Å²) in [5, 5.41) is 0. The van der Waals surface area contributed by atoms with Gasteiger partial charge in [0.2, 0.25) is 5.90 Å². The predicted octanol–water partition coefficient (Wildman–Crippen LogP) is 6.93. The van der Waals surface area contributed by atoms with Crippen LogP contribution in [0.25, 0.3) is 0 Å². The van der Waals surface area contributed by atoms with Crippen LogP contribution in [-0.4, -0.2) is 29.9 Å². The third kappa shape index (κ3) is 4.73. The number of hydrogen-bond donors (Lipinski definition) is 0. The first-order valence-corrected chi connectivity index (χ1v) is 12.9. The van der Waals surface area contributed by atoms with Crippen LogP contribution in [0, 0.1) is 5.92 Å². The zero-order chi connectivity index (χ0) is 19.3. The van der Waals surface area contributed by atoms with Crippen LogP contribution >= 0.6 is 8.15 Å². The molecule has 0 radical (unpaired) electrons. The zero-order valence-electron chi connectivity index (χ0n) is 17.6. The van der Waals surface area contributed by atoms with Gasteiger partial charge in [0.05, 0.1) is 19.8 Å². The highest BCUT2D eigenvalue weighted by Crippen LogP contribution is 2.56. The van der Waals surface area contributed by atoms with Crippen LogP contribution in [0.15, 0.2) is 29.3 Å². The van der Waals surface area contributed by atoms with Crippen LogP contribution in [0.5, 0.6) is 5.75 Å². The molecule has 4 rings (SSSR count). The Hall–Kier alpha value is -1.08. The first-order chi connectivity index (χ1) is 13.7. The van der Waals surface area contributed by atoms with E-state index < -0.39 is 8.15 Å². The van der Waals surface area contributed by atoms with Crippen molar-refractivity contribution in [1.82, 2.24) is 0 Å². The van der Waals surface area contributed by atoms with Gasteiger partial charge in [-0.3, -0.25) is 0 Å². The molecule has 3 aliphatic rings. The molecule has 0 bridgehead atoms. The van der Waals surface area contributed by atoms with Crippen LogP contribution in [0.4, 0.5) is 0 Å². The number of hydrogen-bond acceptors (Lipinski definition) is 3. The summed E-state index contributed by atoms with van der Waals surface area (Å²) in [5.74, 6) is 2.30. The molecule has 2 aliphatic carbocycles. The lowest BCUT2D eigenvalue weighted by Crippen LogP contribution is -2.23. The van der Waals surface area contributed by atoms with E-state index in [4.69, 9.17) is 14.3 Å². The second-order valence-electron chi connectivity index (χ2n) is 9.09. The number of aliphatic imine (C=N–C) groups is 1. The van der Waals surface area contributed by atoms with Crippen molar-refractivity contribution in [3.63, 3.8) is 0 Å². The van der Waals surface area contributed by atoms with E-state index in [1.807, 2.05) is 0 Å². The van der Waals surface area contributed by atoms with Crippen molar-refractivity contribution in [1.29, 1.82) is 0 Å². The molecule has 28 heavy (non-hydrogen) atoms. The van der Waals surface area contributed by atoms with Gasteiger partial charge in [0.1, 0.15) is 12.4 Å². The molecular weight excluding hydrogens is 365 g/mol. The lowest BCUT2D eigenvalue weighted by Gasteiger charge is -2.37. The Morgan fingerprint density at radius 1 is 0.929 bits per heavy atom. The number of para-hydroxylation sites is 1. The van der Waals surface area contributed by atoms with Crippen LogP contribution in [0.1, 0.15) is 83.6 Å². The van der Waals surface area contributed by atoms with E-state index in [-0.39, 0.29) is 6.04 Å². The van der Waals surface area contributed by atoms with Gasteiger partial charge in [0, 0.05) is 11.3 Å². The minimum absolute atomic E-state index is 0.265. The Morgan fingerprint density at radius 3 is 2.11 bits per heavy atom. The van der Waals surface area contributed by atoms with Gasteiger partial charge >= 0.3 is 0 Å². The highest BCUT2D eigenvalue weighted by Gasteiger charge is 2.35. The largest absolute Gasteiger partial charge is 0.475 e. The second kappa shape index (κ2) is 9.61. The number of ether oxygens (including phenoxy) is 1. The van der Waals surface area contributed by atoms with E-state index in [0.717, 1.165) is 28.5 Å². The number of rotatable bonds is 6. The molecule has 3 nitrogen and oxygen atoms in total. The molecule has 4 heteroatoms. The van der Waals surface area contributed by atoms with Crippen molar-refractivity contribution >= 4 is 14.0 Å². The minimum Gasteiger partial charge on any atom is -0.475 e. The number of nitrogens with zero attached hydrogens (tertiary/aromatic N) is 1. The maximum Gasteiger partial charge on any atom is 0.220 e. The molecule has 0 N–H and O–H groups in total. The van der Waals surface area contributed by atoms with E-state index in [1.165, 1.54) is 64.2 Å². The van der Waals surface area contributed by atoms with Gasteiger partial charge in [-0.1, -0.05) is 64.5 Å². The zero-order valence-corrected chi connectivity index (χ0v) is 18.5. The first-order valence-electron chi connectivity index (χ1n) is 11.5. The molecule has 1 unspecified atom stereocenters. The van der Waals surface area contributed by atoms with Crippen molar-refractivity contribution in [3.05, 3.63) is 29.8 Å². The van der Waals surface area contributed by atoms with Gasteiger partial charge in [-0.2, -0.15) is 0 Å². The van der Waals surface area contributed by atoms with Gasteiger partial charge in [-0.15, -0.1) is 0 Å². The Bertz CT molecular complexity index is 644. The first kappa shape index (κ1) is 20.2. The van der Waals surface area contributed by atoms with Crippen molar-refractivity contribution in [2.75, 3.05) is 6.61 Å². The summed E-state index contributed by atoms with van der Waals surface area (Å²) in [6.07, 6.45) is 13.8. The molecule has 1 atom stereocenters. The van der Waals surface area contributed by atoms with E-state index >= 15 is 0 Å². The van der Waals surface area contributed by atoms with Crippen molar-refractivity contribution in [3.8, 4) is 5.75 Å². The Balaban J connectivity index is 1.57. The molecule has 2 fully saturated rings. The van der Waals surface area contributed by atoms with Crippen molar-refractivity contribution < 1.29 is 9.26 Å². The molecule has 1 heterocycles. The third-order valence-corrected chi connectivity index (χ3v) is 9.51. The molecule has 154 valence electrons. The van der Waals surface area contributed by atoms with Crippen LogP contribution in [0.3, 0.4) is 0 Å². The van der Waals surface area contributed by atoms with E-state index in [1.54, 1.807) is 0 Å². The minimum atomic E-state index is -0.438. The van der Waals surface area contributed by atoms with Gasteiger partial charge < -0.3 is 9.26 Å². The quantitative estimate of drug-likeness (QED) is 0.484. The predicted molar refractivity (Wildman–Crippen MR) is 119 cm³/mol. The van der Waals surface area contributed by atoms with Gasteiger partial charge in [-0.25, -0.2) is 4.99 Å². The molecule has 0 spiro atoms. The highest BCUT2D eigenvalue weighted by atomic mass is 31.1. The maximum absolute atomic E-state index is 6.94. The van der Waals surface area contributed by atoms with Crippen molar-refractivity contribution in [2.45, 2.75) is 95.4 Å². The lowest BCUT2D eigenvalue weighted by molar-refractivity contribution is 0.291. The van der Waals surface area contributed by atoms with Crippen LogP contribution in [-0.2, 0) is 4.74 Å². The summed E-state index contributed by atoms with van der Waals surface area (Å²) in [6, 6.07) is 8.72. The fraction of sp³-hybridized carbons (Fsp3) is 0.708. The molecule has 2 saturated carbocycles. The standard InChI is InChI=1S/C24H36NO2P/c1-18(2)22-17-26-24(25-22)21-15-9-10-16-23(21)27-28(19-11-5-3-6-12-19)20-13-7-4-8-14-20/h9-10,15-16,18-20,22H,3-8,11-14,17H2,1-2H3. The molecule has 0 amide bonds. The third-order valence-electron chi connectivity index (χ3n) is 6.63. The molecule has 1 aromatic rings. The Kier molecular flexibility index (Phi) is 6.94. The normalized spacial score (nSPS) is 24.4. The molecular formula is C24H36NO2P. The topological polar surface area (TPSA) is 30.8 Å². The smallest absolute Gasteiger partial charge is 0.220 e. The summed E-state index contributed by atoms with van der Waals surface area (Å²) in [5.41, 5.74) is 2.61. The van der Waals surface area contributed by atoms with Gasteiger partial charge in [-0.05, 0) is 43.7 Å². The molecule has 1 aliphatic heterocycles. The monoisotopic (exact) mass is 401 g/mol. The fourth-order valence-corrected chi connectivity index (χ4v) is 7.86. The summed E-state index contributed by atoms with van der Waals surface area (Å²) in [6.45, 7) is 5.13. The van der Waals surface area contributed by atoms with Gasteiger partial charge in [0.25, 0.3) is 0 Å². The van der Waals surface area contributed by atoms with Crippen molar-refractivity contribution in [2.24, 2.45) is 10.9 Å². The fourth-order valence-electron chi connectivity index (χ4n) is 4.83. The van der Waals surface area contributed by atoms with E-state index in [0.29, 0.717) is 12.5 Å². The summed E-state index contributed by atoms with van der Waals surface area (Å²) < 4.78 is 12.9. The second-order valence-corrected chi connectivity index (χ2v) is 11.5. The average Bonchev–Trinajstić information content (AvgIpc) is 3.24. The van der Waals surface area contributed by atoms with E-state index in [9.17, 15) is 0 Å². The number of benzene rings is 1.